The third-order valence-electron chi connectivity index (χ3n) is 3.28. The van der Waals surface area contributed by atoms with Crippen molar-refractivity contribution in [2.45, 2.75) is 6.92 Å². The summed E-state index contributed by atoms with van der Waals surface area (Å²) in [5, 5.41) is 6.10. The topological polar surface area (TPSA) is 90.7 Å². The van der Waals surface area contributed by atoms with Gasteiger partial charge in [0.1, 0.15) is 17.3 Å². The van der Waals surface area contributed by atoms with Gasteiger partial charge in [0.25, 0.3) is 5.91 Å². The van der Waals surface area contributed by atoms with E-state index in [0.29, 0.717) is 17.3 Å². The van der Waals surface area contributed by atoms with E-state index in [1.54, 1.807) is 49.4 Å². The Morgan fingerprint density at radius 2 is 1.81 bits per heavy atom. The number of carbonyl (C=O) groups excluding carboxylic acids is 2. The normalized spacial score (nSPS) is 10.2. The van der Waals surface area contributed by atoms with Crippen LogP contribution in [0.1, 0.15) is 16.1 Å². The molecule has 0 saturated carbocycles. The van der Waals surface area contributed by atoms with Crippen LogP contribution >= 0.6 is 0 Å². The number of nitrogens with one attached hydrogen (secondary N) is 1. The minimum Gasteiger partial charge on any atom is -0.457 e. The van der Waals surface area contributed by atoms with Gasteiger partial charge in [-0.3, -0.25) is 4.79 Å². The van der Waals surface area contributed by atoms with Gasteiger partial charge in [-0.1, -0.05) is 29.4 Å². The Morgan fingerprint density at radius 1 is 1.04 bits per heavy atom. The fourth-order valence-electron chi connectivity index (χ4n) is 2.13. The van der Waals surface area contributed by atoms with E-state index in [1.807, 2.05) is 18.2 Å². The molecule has 26 heavy (non-hydrogen) atoms. The molecule has 0 aliphatic carbocycles. The summed E-state index contributed by atoms with van der Waals surface area (Å²) in [7, 11) is 0. The monoisotopic (exact) mass is 352 g/mol. The average molecular weight is 352 g/mol. The molecule has 7 heteroatoms. The van der Waals surface area contributed by atoms with E-state index in [-0.39, 0.29) is 11.4 Å². The Kier molecular flexibility index (Phi) is 5.28. The Balaban J connectivity index is 1.56. The molecule has 1 aromatic heterocycles. The lowest BCUT2D eigenvalue weighted by Crippen LogP contribution is -2.21. The zero-order chi connectivity index (χ0) is 18.4. The minimum atomic E-state index is -0.630. The summed E-state index contributed by atoms with van der Waals surface area (Å²) < 4.78 is 15.5. The number of nitrogens with zero attached hydrogens (tertiary/aromatic N) is 1. The van der Waals surface area contributed by atoms with Crippen LogP contribution in [0.25, 0.3) is 0 Å². The maximum absolute atomic E-state index is 12.1. The molecule has 0 atom stereocenters. The van der Waals surface area contributed by atoms with Crippen molar-refractivity contribution in [1.29, 1.82) is 0 Å². The number of hydrogen-bond acceptors (Lipinski definition) is 6. The van der Waals surface area contributed by atoms with Gasteiger partial charge in [0.2, 0.25) is 0 Å². The van der Waals surface area contributed by atoms with Crippen molar-refractivity contribution in [1.82, 2.24) is 5.16 Å². The first-order valence-electron chi connectivity index (χ1n) is 7.83. The molecule has 0 aliphatic rings. The van der Waals surface area contributed by atoms with Gasteiger partial charge in [-0.2, -0.15) is 0 Å². The van der Waals surface area contributed by atoms with Crippen LogP contribution in [0.4, 0.5) is 5.82 Å². The lowest BCUT2D eigenvalue weighted by atomic mass is 10.2. The summed E-state index contributed by atoms with van der Waals surface area (Å²) in [4.78, 5) is 23.9. The first kappa shape index (κ1) is 17.2. The Hall–Kier alpha value is -3.61. The molecule has 1 heterocycles. The molecule has 0 unspecified atom stereocenters. The Labute approximate surface area is 149 Å². The number of benzene rings is 2. The molecule has 0 radical (unpaired) electrons. The molecule has 7 nitrogen and oxygen atoms in total. The van der Waals surface area contributed by atoms with Gasteiger partial charge in [-0.25, -0.2) is 4.79 Å². The number of esters is 1. The van der Waals surface area contributed by atoms with E-state index in [0.717, 1.165) is 0 Å². The molecule has 2 aromatic carbocycles. The predicted octanol–water partition coefficient (Wildman–Crippen LogP) is 3.57. The number of hydrogen-bond donors (Lipinski definition) is 1. The first-order valence-corrected chi connectivity index (χ1v) is 7.83. The third kappa shape index (κ3) is 4.70. The smallest absolute Gasteiger partial charge is 0.338 e. The van der Waals surface area contributed by atoms with Crippen molar-refractivity contribution in [3.8, 4) is 11.5 Å². The first-order chi connectivity index (χ1) is 12.6. The van der Waals surface area contributed by atoms with Crippen molar-refractivity contribution in [2.24, 2.45) is 0 Å². The van der Waals surface area contributed by atoms with Crippen molar-refractivity contribution in [3.05, 3.63) is 72.0 Å². The summed E-state index contributed by atoms with van der Waals surface area (Å²) in [6.45, 7) is 1.27. The number of anilines is 1. The Morgan fingerprint density at radius 3 is 2.54 bits per heavy atom. The fraction of sp³-hybridized carbons (Fsp3) is 0.105. The Bertz CT molecular complexity index is 905. The quantitative estimate of drug-likeness (QED) is 0.682. The summed E-state index contributed by atoms with van der Waals surface area (Å²) in [6, 6.07) is 17.3. The van der Waals surface area contributed by atoms with Gasteiger partial charge in [-0.05, 0) is 37.3 Å². The van der Waals surface area contributed by atoms with Gasteiger partial charge in [0, 0.05) is 6.07 Å². The molecule has 0 spiro atoms. The second-order valence-electron chi connectivity index (χ2n) is 5.39. The molecular weight excluding hydrogens is 336 g/mol. The molecule has 0 fully saturated rings. The van der Waals surface area contributed by atoms with Gasteiger partial charge in [-0.15, -0.1) is 0 Å². The molecular formula is C19H16N2O5. The van der Waals surface area contributed by atoms with E-state index in [9.17, 15) is 9.59 Å². The van der Waals surface area contributed by atoms with Crippen LogP contribution in [-0.2, 0) is 9.53 Å². The number of aryl methyl sites for hydroxylation is 1. The highest BCUT2D eigenvalue weighted by molar-refractivity contribution is 5.95. The number of aromatic nitrogens is 1. The second-order valence-corrected chi connectivity index (χ2v) is 5.39. The zero-order valence-electron chi connectivity index (χ0n) is 14.0. The summed E-state index contributed by atoms with van der Waals surface area (Å²) in [5.74, 6) is 0.834. The molecule has 0 bridgehead atoms. The lowest BCUT2D eigenvalue weighted by molar-refractivity contribution is -0.119. The number of para-hydroxylation sites is 1. The van der Waals surface area contributed by atoms with Crippen LogP contribution < -0.4 is 10.1 Å². The van der Waals surface area contributed by atoms with Gasteiger partial charge >= 0.3 is 5.97 Å². The van der Waals surface area contributed by atoms with E-state index >= 15 is 0 Å². The van der Waals surface area contributed by atoms with E-state index in [2.05, 4.69) is 10.5 Å². The summed E-state index contributed by atoms with van der Waals surface area (Å²) >= 11 is 0. The molecule has 1 amide bonds. The minimum absolute atomic E-state index is 0.266. The third-order valence-corrected chi connectivity index (χ3v) is 3.28. The van der Waals surface area contributed by atoms with Crippen LogP contribution in [-0.4, -0.2) is 23.6 Å². The van der Waals surface area contributed by atoms with Crippen LogP contribution in [0.15, 0.2) is 65.2 Å². The average Bonchev–Trinajstić information content (AvgIpc) is 3.05. The van der Waals surface area contributed by atoms with Crippen LogP contribution in [0.2, 0.25) is 0 Å². The van der Waals surface area contributed by atoms with Crippen molar-refractivity contribution in [2.75, 3.05) is 11.9 Å². The largest absolute Gasteiger partial charge is 0.457 e. The summed E-state index contributed by atoms with van der Waals surface area (Å²) in [6.07, 6.45) is 0. The standard InChI is InChI=1S/C19H16N2O5/c1-13-10-17(21-26-13)20-18(22)12-24-19(23)14-6-5-9-16(11-14)25-15-7-3-2-4-8-15/h2-11H,12H2,1H3,(H,20,21,22). The molecule has 0 saturated heterocycles. The molecule has 0 aliphatic heterocycles. The highest BCUT2D eigenvalue weighted by Crippen LogP contribution is 2.22. The van der Waals surface area contributed by atoms with Gasteiger partial charge in [0.05, 0.1) is 5.56 Å². The van der Waals surface area contributed by atoms with Crippen LogP contribution in [0.3, 0.4) is 0 Å². The lowest BCUT2D eigenvalue weighted by Gasteiger charge is -2.08. The maximum atomic E-state index is 12.1. The van der Waals surface area contributed by atoms with Crippen LogP contribution in [0.5, 0.6) is 11.5 Å². The molecule has 3 rings (SSSR count). The second kappa shape index (κ2) is 7.98. The highest BCUT2D eigenvalue weighted by Gasteiger charge is 2.12. The van der Waals surface area contributed by atoms with Crippen molar-refractivity contribution >= 4 is 17.7 Å². The van der Waals surface area contributed by atoms with Crippen molar-refractivity contribution in [3.63, 3.8) is 0 Å². The van der Waals surface area contributed by atoms with E-state index in [1.165, 1.54) is 0 Å². The fourth-order valence-corrected chi connectivity index (χ4v) is 2.13. The number of amides is 1. The van der Waals surface area contributed by atoms with Crippen LogP contribution in [0, 0.1) is 6.92 Å². The maximum Gasteiger partial charge on any atom is 0.338 e. The van der Waals surface area contributed by atoms with E-state index in [4.69, 9.17) is 14.0 Å². The van der Waals surface area contributed by atoms with Crippen molar-refractivity contribution < 1.29 is 23.6 Å². The number of ether oxygens (including phenoxy) is 2. The molecule has 132 valence electrons. The van der Waals surface area contributed by atoms with Gasteiger partial charge in [0.15, 0.2) is 12.4 Å². The predicted molar refractivity (Wildman–Crippen MR) is 93.1 cm³/mol. The number of rotatable bonds is 6. The highest BCUT2D eigenvalue weighted by atomic mass is 16.5. The zero-order valence-corrected chi connectivity index (χ0v) is 14.0. The van der Waals surface area contributed by atoms with Gasteiger partial charge < -0.3 is 19.3 Å². The van der Waals surface area contributed by atoms with E-state index < -0.39 is 18.5 Å². The summed E-state index contributed by atoms with van der Waals surface area (Å²) in [5.41, 5.74) is 0.281. The molecule has 3 aromatic rings. The SMILES string of the molecule is Cc1cc(NC(=O)COC(=O)c2cccc(Oc3ccccc3)c2)no1. The molecule has 1 N–H and O–H groups in total. The number of carbonyl (C=O) groups is 2.